The quantitative estimate of drug-likeness (QED) is 0.602. The highest BCUT2D eigenvalue weighted by atomic mass is 16.3. The smallest absolute Gasteiger partial charge is 0.0638 e. The van der Waals surface area contributed by atoms with Crippen LogP contribution in [0.2, 0.25) is 0 Å². The van der Waals surface area contributed by atoms with Crippen LogP contribution in [0.15, 0.2) is 12.2 Å². The minimum Gasteiger partial charge on any atom is -0.392 e. The molecular weight excluding hydrogens is 184 g/mol. The van der Waals surface area contributed by atoms with E-state index in [1.54, 1.807) is 0 Å². The van der Waals surface area contributed by atoms with Crippen molar-refractivity contribution >= 4 is 0 Å². The zero-order valence-corrected chi connectivity index (χ0v) is 9.60. The Morgan fingerprint density at radius 1 is 1.07 bits per heavy atom. The summed E-state index contributed by atoms with van der Waals surface area (Å²) in [6.45, 7) is 4.30. The molecule has 3 fully saturated rings. The summed E-state index contributed by atoms with van der Waals surface area (Å²) in [5.41, 5.74) is 1.98. The Labute approximate surface area is 92.6 Å². The van der Waals surface area contributed by atoms with Crippen LogP contribution in [0.1, 0.15) is 57.8 Å². The minimum absolute atomic E-state index is 0.0819. The summed E-state index contributed by atoms with van der Waals surface area (Å²) in [7, 11) is 0. The standard InChI is InChI=1S/C14H22O/c1-11-6-10-13-7-2-3-9-14(11,13)12(15)5-4-8-13/h12,15H,1-10H2/t12-,13-,14-/m0/s1. The molecule has 0 heterocycles. The highest BCUT2D eigenvalue weighted by molar-refractivity contribution is 5.28. The number of hydrogen-bond donors (Lipinski definition) is 1. The van der Waals surface area contributed by atoms with Gasteiger partial charge in [-0.05, 0) is 43.9 Å². The minimum atomic E-state index is -0.0819. The largest absolute Gasteiger partial charge is 0.392 e. The average Bonchev–Trinajstić information content (AvgIpc) is 2.56. The van der Waals surface area contributed by atoms with Crippen molar-refractivity contribution < 1.29 is 5.11 Å². The molecule has 3 saturated carbocycles. The van der Waals surface area contributed by atoms with E-state index in [1.165, 1.54) is 56.9 Å². The zero-order chi connectivity index (χ0) is 10.5. The van der Waals surface area contributed by atoms with E-state index in [9.17, 15) is 5.11 Å². The van der Waals surface area contributed by atoms with Crippen molar-refractivity contribution in [2.24, 2.45) is 10.8 Å². The number of hydrogen-bond acceptors (Lipinski definition) is 1. The van der Waals surface area contributed by atoms with Gasteiger partial charge in [0.05, 0.1) is 6.10 Å². The van der Waals surface area contributed by atoms with E-state index in [1.807, 2.05) is 0 Å². The van der Waals surface area contributed by atoms with Crippen LogP contribution >= 0.6 is 0 Å². The van der Waals surface area contributed by atoms with Crippen LogP contribution in [0, 0.1) is 10.8 Å². The van der Waals surface area contributed by atoms with Gasteiger partial charge in [0.15, 0.2) is 0 Å². The fourth-order valence-corrected chi connectivity index (χ4v) is 4.98. The molecule has 0 aromatic rings. The second kappa shape index (κ2) is 3.10. The van der Waals surface area contributed by atoms with E-state index in [0.717, 1.165) is 6.42 Å². The Bertz CT molecular complexity index is 292. The summed E-state index contributed by atoms with van der Waals surface area (Å²) >= 11 is 0. The molecule has 0 aliphatic heterocycles. The molecule has 0 radical (unpaired) electrons. The van der Waals surface area contributed by atoms with Crippen molar-refractivity contribution in [3.63, 3.8) is 0 Å². The normalized spacial score (nSPS) is 49.9. The van der Waals surface area contributed by atoms with Gasteiger partial charge in [-0.15, -0.1) is 0 Å². The first-order valence-corrected chi connectivity index (χ1v) is 6.58. The lowest BCUT2D eigenvalue weighted by atomic mass is 9.50. The van der Waals surface area contributed by atoms with Crippen molar-refractivity contribution in [3.8, 4) is 0 Å². The Kier molecular flexibility index (Phi) is 2.04. The van der Waals surface area contributed by atoms with Gasteiger partial charge in [0.2, 0.25) is 0 Å². The Morgan fingerprint density at radius 2 is 1.80 bits per heavy atom. The molecule has 0 amide bonds. The van der Waals surface area contributed by atoms with Gasteiger partial charge in [-0.2, -0.15) is 0 Å². The molecule has 0 saturated heterocycles. The topological polar surface area (TPSA) is 20.2 Å². The molecule has 1 nitrogen and oxygen atoms in total. The molecule has 3 aliphatic rings. The van der Waals surface area contributed by atoms with Crippen molar-refractivity contribution in [2.75, 3.05) is 0 Å². The van der Waals surface area contributed by atoms with Crippen LogP contribution in [0.3, 0.4) is 0 Å². The van der Waals surface area contributed by atoms with Crippen LogP contribution in [0.25, 0.3) is 0 Å². The van der Waals surface area contributed by atoms with E-state index in [2.05, 4.69) is 6.58 Å². The second-order valence-corrected chi connectivity index (χ2v) is 5.97. The fourth-order valence-electron chi connectivity index (χ4n) is 4.98. The molecule has 3 rings (SSSR count). The maximum atomic E-state index is 10.5. The predicted molar refractivity (Wildman–Crippen MR) is 61.6 cm³/mol. The average molecular weight is 206 g/mol. The van der Waals surface area contributed by atoms with Crippen molar-refractivity contribution in [1.82, 2.24) is 0 Å². The van der Waals surface area contributed by atoms with Gasteiger partial charge in [-0.1, -0.05) is 31.4 Å². The number of aliphatic hydroxyl groups excluding tert-OH is 1. The van der Waals surface area contributed by atoms with Crippen molar-refractivity contribution in [2.45, 2.75) is 63.9 Å². The maximum Gasteiger partial charge on any atom is 0.0638 e. The first-order valence-electron chi connectivity index (χ1n) is 6.58. The summed E-state index contributed by atoms with van der Waals surface area (Å²) in [5.74, 6) is 0. The zero-order valence-electron chi connectivity index (χ0n) is 9.60. The van der Waals surface area contributed by atoms with E-state index in [4.69, 9.17) is 0 Å². The van der Waals surface area contributed by atoms with E-state index in [0.29, 0.717) is 5.41 Å². The van der Waals surface area contributed by atoms with Gasteiger partial charge in [-0.25, -0.2) is 0 Å². The van der Waals surface area contributed by atoms with Gasteiger partial charge in [0.1, 0.15) is 0 Å². The number of rotatable bonds is 0. The molecule has 0 bridgehead atoms. The van der Waals surface area contributed by atoms with Gasteiger partial charge < -0.3 is 5.11 Å². The first-order chi connectivity index (χ1) is 7.21. The third-order valence-corrected chi connectivity index (χ3v) is 5.66. The molecule has 0 spiro atoms. The molecule has 0 aromatic carbocycles. The highest BCUT2D eigenvalue weighted by Crippen LogP contribution is 2.68. The summed E-state index contributed by atoms with van der Waals surface area (Å²) in [6, 6.07) is 0. The van der Waals surface area contributed by atoms with Gasteiger partial charge in [0, 0.05) is 5.41 Å². The van der Waals surface area contributed by atoms with Gasteiger partial charge in [-0.3, -0.25) is 0 Å². The van der Waals surface area contributed by atoms with E-state index < -0.39 is 0 Å². The summed E-state index contributed by atoms with van der Waals surface area (Å²) in [5, 5.41) is 10.5. The molecule has 3 aliphatic carbocycles. The molecule has 84 valence electrons. The van der Waals surface area contributed by atoms with Gasteiger partial charge >= 0.3 is 0 Å². The van der Waals surface area contributed by atoms with Crippen molar-refractivity contribution in [3.05, 3.63) is 12.2 Å². The third-order valence-electron chi connectivity index (χ3n) is 5.66. The molecule has 0 aromatic heterocycles. The fraction of sp³-hybridized carbons (Fsp3) is 0.857. The molecule has 1 N–H and O–H groups in total. The lowest BCUT2D eigenvalue weighted by Crippen LogP contribution is -2.52. The first kappa shape index (κ1) is 9.89. The Morgan fingerprint density at radius 3 is 2.60 bits per heavy atom. The Balaban J connectivity index is 2.09. The van der Waals surface area contributed by atoms with Crippen LogP contribution < -0.4 is 0 Å². The Hall–Kier alpha value is -0.300. The lowest BCUT2D eigenvalue weighted by Gasteiger charge is -2.56. The lowest BCUT2D eigenvalue weighted by molar-refractivity contribution is -0.0991. The number of aliphatic hydroxyl groups is 1. The van der Waals surface area contributed by atoms with Crippen molar-refractivity contribution in [1.29, 1.82) is 0 Å². The second-order valence-electron chi connectivity index (χ2n) is 5.97. The van der Waals surface area contributed by atoms with Crippen LogP contribution in [-0.4, -0.2) is 11.2 Å². The summed E-state index contributed by atoms with van der Waals surface area (Å²) in [6.07, 6.45) is 11.2. The predicted octanol–water partition coefficient (Wildman–Crippen LogP) is 3.43. The molecule has 15 heavy (non-hydrogen) atoms. The molecule has 1 heteroatoms. The van der Waals surface area contributed by atoms with Crippen LogP contribution in [0.4, 0.5) is 0 Å². The third kappa shape index (κ3) is 1.03. The summed E-state index contributed by atoms with van der Waals surface area (Å²) < 4.78 is 0. The maximum absolute atomic E-state index is 10.5. The summed E-state index contributed by atoms with van der Waals surface area (Å²) in [4.78, 5) is 0. The molecular formula is C14H22O. The van der Waals surface area contributed by atoms with E-state index >= 15 is 0 Å². The monoisotopic (exact) mass is 206 g/mol. The van der Waals surface area contributed by atoms with Crippen LogP contribution in [0.5, 0.6) is 0 Å². The highest BCUT2D eigenvalue weighted by Gasteiger charge is 2.61. The molecule has 3 atom stereocenters. The molecule has 0 unspecified atom stereocenters. The SMILES string of the molecule is C=C1CC[C@@]23CCCC[C@@]12[C@@H](O)CCC3. The van der Waals surface area contributed by atoms with E-state index in [-0.39, 0.29) is 11.5 Å². The van der Waals surface area contributed by atoms with Gasteiger partial charge in [0.25, 0.3) is 0 Å². The van der Waals surface area contributed by atoms with Crippen LogP contribution in [-0.2, 0) is 0 Å².